The van der Waals surface area contributed by atoms with Crippen molar-refractivity contribution in [3.63, 3.8) is 0 Å². The van der Waals surface area contributed by atoms with Crippen molar-refractivity contribution in [3.05, 3.63) is 36.2 Å². The Morgan fingerprint density at radius 1 is 0.714 bits per heavy atom. The molecule has 14 heavy (non-hydrogen) atoms. The molecule has 0 aromatic carbocycles. The van der Waals surface area contributed by atoms with E-state index in [2.05, 4.69) is 76.8 Å². The molecular formula is C11H15IOPt+. The molecule has 0 unspecified atom stereocenters. The first kappa shape index (κ1) is 17.5. The molecule has 0 aromatic rings. The van der Waals surface area contributed by atoms with E-state index in [0.717, 1.165) is 0 Å². The van der Waals surface area contributed by atoms with Crippen LogP contribution in [0.5, 0.6) is 0 Å². The second-order valence-electron chi connectivity index (χ2n) is 3.12. The number of hydrogen-bond acceptors (Lipinski definition) is 0. The Hall–Kier alpha value is 1.16. The van der Waals surface area contributed by atoms with Gasteiger partial charge in [-0.15, -0.1) is 0 Å². The minimum absolute atomic E-state index is 1.47. The van der Waals surface area contributed by atoms with E-state index in [1.807, 2.05) is 0 Å². The SMILES string of the molecule is C[C]1[C](C)[C](C)[C](C)[C]1C.[C-]#[O+].[I][Pt+]. The first-order chi connectivity index (χ1) is 6.55. The second-order valence-corrected chi connectivity index (χ2v) is 3.12. The van der Waals surface area contributed by atoms with E-state index < -0.39 is 0 Å². The molecule has 1 aliphatic rings. The summed E-state index contributed by atoms with van der Waals surface area (Å²) >= 11 is 4.23. The third-order valence-electron chi connectivity index (χ3n) is 2.81. The van der Waals surface area contributed by atoms with E-state index >= 15 is 0 Å². The molecule has 0 saturated heterocycles. The summed E-state index contributed by atoms with van der Waals surface area (Å²) < 4.78 is 7.50. The Labute approximate surface area is 110 Å². The van der Waals surface area contributed by atoms with Crippen molar-refractivity contribution in [2.45, 2.75) is 34.6 Å². The Kier molecular flexibility index (Phi) is 11.8. The van der Waals surface area contributed by atoms with Gasteiger partial charge < -0.3 is 0 Å². The van der Waals surface area contributed by atoms with Gasteiger partial charge in [-0.25, -0.2) is 0 Å². The van der Waals surface area contributed by atoms with Gasteiger partial charge in [-0.05, 0) is 29.6 Å². The summed E-state index contributed by atoms with van der Waals surface area (Å²) in [6.07, 6.45) is 0. The van der Waals surface area contributed by atoms with Gasteiger partial charge in [-0.3, -0.25) is 0 Å². The van der Waals surface area contributed by atoms with E-state index in [0.29, 0.717) is 0 Å². The molecule has 0 amide bonds. The quantitative estimate of drug-likeness (QED) is 0.283. The Bertz CT molecular complexity index is 116. The monoisotopic (exact) mass is 485 g/mol. The Morgan fingerprint density at radius 2 is 0.786 bits per heavy atom. The van der Waals surface area contributed by atoms with Gasteiger partial charge in [0.15, 0.2) is 0 Å². The van der Waals surface area contributed by atoms with Crippen LogP contribution in [0.1, 0.15) is 34.6 Å². The molecule has 1 rings (SSSR count). The molecule has 0 heterocycles. The van der Waals surface area contributed by atoms with Crippen molar-refractivity contribution >= 4 is 19.4 Å². The number of halogens is 1. The third kappa shape index (κ3) is 4.34. The summed E-state index contributed by atoms with van der Waals surface area (Å²) in [5, 5.41) is 0. The average molecular weight is 485 g/mol. The van der Waals surface area contributed by atoms with Gasteiger partial charge in [-0.1, -0.05) is 34.6 Å². The zero-order valence-corrected chi connectivity index (χ0v) is 13.5. The summed E-state index contributed by atoms with van der Waals surface area (Å²) in [6.45, 7) is 15.5. The topological polar surface area (TPSA) is 19.9 Å². The summed E-state index contributed by atoms with van der Waals surface area (Å²) in [4.78, 5) is 0. The van der Waals surface area contributed by atoms with Gasteiger partial charge in [-0.2, -0.15) is 0 Å². The Balaban J connectivity index is 0. The fraction of sp³-hybridized carbons (Fsp3) is 0.455. The van der Waals surface area contributed by atoms with Crippen molar-refractivity contribution in [3.8, 4) is 0 Å². The fourth-order valence-corrected chi connectivity index (χ4v) is 1.41. The molecular weight excluding hydrogens is 470 g/mol. The van der Waals surface area contributed by atoms with Crippen LogP contribution in [0.3, 0.4) is 0 Å². The van der Waals surface area contributed by atoms with Crippen molar-refractivity contribution in [1.29, 1.82) is 0 Å². The predicted molar refractivity (Wildman–Crippen MR) is 62.5 cm³/mol. The van der Waals surface area contributed by atoms with E-state index in [1.54, 1.807) is 0 Å². The first-order valence-corrected chi connectivity index (χ1v) is 10.5. The second kappa shape index (κ2) is 9.39. The van der Waals surface area contributed by atoms with Crippen LogP contribution in [-0.4, -0.2) is 0 Å². The molecule has 1 nitrogen and oxygen atoms in total. The van der Waals surface area contributed by atoms with E-state index in [-0.39, 0.29) is 0 Å². The van der Waals surface area contributed by atoms with Crippen LogP contribution in [-0.2, 0) is 20.8 Å². The number of rotatable bonds is 0. The van der Waals surface area contributed by atoms with E-state index in [4.69, 9.17) is 4.65 Å². The average Bonchev–Trinajstić information content (AvgIpc) is 2.42. The van der Waals surface area contributed by atoms with Crippen LogP contribution in [0.2, 0.25) is 0 Å². The van der Waals surface area contributed by atoms with Crippen molar-refractivity contribution in [2.75, 3.05) is 0 Å². The molecule has 81 valence electrons. The molecule has 1 fully saturated rings. The van der Waals surface area contributed by atoms with Gasteiger partial charge in [0, 0.05) is 0 Å². The van der Waals surface area contributed by atoms with E-state index in [1.165, 1.54) is 29.6 Å². The first-order valence-electron chi connectivity index (χ1n) is 4.07. The zero-order valence-electron chi connectivity index (χ0n) is 9.10. The molecule has 0 aromatic heterocycles. The van der Waals surface area contributed by atoms with Crippen LogP contribution < -0.4 is 0 Å². The molecule has 0 atom stereocenters. The van der Waals surface area contributed by atoms with Crippen molar-refractivity contribution < 1.29 is 20.8 Å². The summed E-state index contributed by atoms with van der Waals surface area (Å²) in [6, 6.07) is 0. The van der Waals surface area contributed by atoms with Crippen LogP contribution in [0.4, 0.5) is 0 Å². The van der Waals surface area contributed by atoms with Gasteiger partial charge >= 0.3 is 46.8 Å². The predicted octanol–water partition coefficient (Wildman–Crippen LogP) is 3.82. The van der Waals surface area contributed by atoms with Gasteiger partial charge in [0.2, 0.25) is 0 Å². The molecule has 0 spiro atoms. The normalized spacial score (nSPS) is 21.0. The molecule has 0 bridgehead atoms. The molecule has 0 aliphatic heterocycles. The molecule has 5 radical (unpaired) electrons. The van der Waals surface area contributed by atoms with Gasteiger partial charge in [0.05, 0.1) is 0 Å². The van der Waals surface area contributed by atoms with E-state index in [9.17, 15) is 0 Å². The summed E-state index contributed by atoms with van der Waals surface area (Å²) in [5.74, 6) is 7.34. The van der Waals surface area contributed by atoms with Crippen molar-refractivity contribution in [2.24, 2.45) is 0 Å². The molecule has 0 N–H and O–H groups in total. The molecule has 3 heteroatoms. The van der Waals surface area contributed by atoms with Crippen LogP contribution >= 0.6 is 19.4 Å². The summed E-state index contributed by atoms with van der Waals surface area (Å²) in [7, 11) is 0. The minimum atomic E-state index is 1.47. The van der Waals surface area contributed by atoms with Crippen LogP contribution in [0.25, 0.3) is 0 Å². The Morgan fingerprint density at radius 3 is 0.857 bits per heavy atom. The van der Waals surface area contributed by atoms with Crippen LogP contribution in [0, 0.1) is 36.2 Å². The number of hydrogen-bond donors (Lipinski definition) is 0. The molecule has 1 aliphatic carbocycles. The zero-order chi connectivity index (χ0) is 11.9. The van der Waals surface area contributed by atoms with Gasteiger partial charge in [0.25, 0.3) is 0 Å². The molecule has 1 saturated carbocycles. The third-order valence-corrected chi connectivity index (χ3v) is 2.81. The standard InChI is InChI=1S/C10H15.CO.HI.Pt/c1-6-7(2)9(4)10(5)8(6)3;1-2;;/h1-5H3;;1H;/q;;;+2/p-1. The summed E-state index contributed by atoms with van der Waals surface area (Å²) in [5.41, 5.74) is 0. The fourth-order valence-electron chi connectivity index (χ4n) is 1.41. The van der Waals surface area contributed by atoms with Crippen LogP contribution in [0.15, 0.2) is 0 Å². The van der Waals surface area contributed by atoms with Gasteiger partial charge in [0.1, 0.15) is 0 Å². The maximum absolute atomic E-state index is 7.50. The maximum atomic E-state index is 7.50. The van der Waals surface area contributed by atoms with Crippen molar-refractivity contribution in [1.82, 2.24) is 0 Å².